The molecule has 1 aromatic carbocycles. The summed E-state index contributed by atoms with van der Waals surface area (Å²) in [6.07, 6.45) is 2.55. The number of para-hydroxylation sites is 1. The Hall–Kier alpha value is -1.11. The number of aliphatic hydroxyl groups is 1. The van der Waals surface area contributed by atoms with Crippen LogP contribution in [0, 0.1) is 0 Å². The highest BCUT2D eigenvalue weighted by molar-refractivity contribution is 7.89. The third-order valence-corrected chi connectivity index (χ3v) is 4.81. The first kappa shape index (κ1) is 13.3. The van der Waals surface area contributed by atoms with Crippen molar-refractivity contribution in [3.63, 3.8) is 0 Å². The molecule has 3 N–H and O–H groups in total. The first-order chi connectivity index (χ1) is 8.47. The van der Waals surface area contributed by atoms with Gasteiger partial charge in [0.2, 0.25) is 10.0 Å². The Kier molecular flexibility index (Phi) is 3.61. The summed E-state index contributed by atoms with van der Waals surface area (Å²) in [5.41, 5.74) is -0.163. The van der Waals surface area contributed by atoms with Crippen LogP contribution in [0.4, 0.5) is 5.69 Å². The van der Waals surface area contributed by atoms with Gasteiger partial charge in [-0.25, -0.2) is 13.1 Å². The van der Waals surface area contributed by atoms with Crippen molar-refractivity contribution in [2.75, 3.05) is 18.9 Å². The van der Waals surface area contributed by atoms with Gasteiger partial charge < -0.3 is 10.4 Å². The normalized spacial score (nSPS) is 18.1. The summed E-state index contributed by atoms with van der Waals surface area (Å²) in [7, 11) is -2.10. The van der Waals surface area contributed by atoms with E-state index in [-0.39, 0.29) is 4.90 Å². The van der Waals surface area contributed by atoms with Crippen LogP contribution in [0.25, 0.3) is 0 Å². The minimum Gasteiger partial charge on any atom is -0.388 e. The maximum absolute atomic E-state index is 11.8. The summed E-state index contributed by atoms with van der Waals surface area (Å²) in [6, 6.07) is 6.68. The highest BCUT2D eigenvalue weighted by atomic mass is 32.2. The standard InChI is InChI=1S/C12H18N2O3S/c1-13-18(16,17)11-6-3-2-5-10(11)14-9-12(15)7-4-8-12/h2-3,5-6,13-15H,4,7-9H2,1H3. The molecule has 1 saturated carbocycles. The van der Waals surface area contributed by atoms with Crippen LogP contribution in [-0.2, 0) is 10.0 Å². The molecule has 0 amide bonds. The summed E-state index contributed by atoms with van der Waals surface area (Å²) < 4.78 is 25.9. The Labute approximate surface area is 107 Å². The van der Waals surface area contributed by atoms with E-state index < -0.39 is 15.6 Å². The second-order valence-corrected chi connectivity index (χ2v) is 6.49. The smallest absolute Gasteiger partial charge is 0.242 e. The molecule has 5 nitrogen and oxygen atoms in total. The third-order valence-electron chi connectivity index (χ3n) is 3.34. The maximum atomic E-state index is 11.8. The molecule has 0 heterocycles. The van der Waals surface area contributed by atoms with Crippen molar-refractivity contribution in [1.82, 2.24) is 4.72 Å². The van der Waals surface area contributed by atoms with Crippen LogP contribution >= 0.6 is 0 Å². The van der Waals surface area contributed by atoms with Crippen molar-refractivity contribution >= 4 is 15.7 Å². The maximum Gasteiger partial charge on any atom is 0.242 e. The van der Waals surface area contributed by atoms with Crippen molar-refractivity contribution in [3.05, 3.63) is 24.3 Å². The minimum absolute atomic E-state index is 0.204. The molecule has 0 radical (unpaired) electrons. The van der Waals surface area contributed by atoms with Gasteiger partial charge in [0, 0.05) is 6.54 Å². The van der Waals surface area contributed by atoms with E-state index >= 15 is 0 Å². The van der Waals surface area contributed by atoms with Crippen LogP contribution in [0.2, 0.25) is 0 Å². The van der Waals surface area contributed by atoms with E-state index in [1.54, 1.807) is 24.3 Å². The third kappa shape index (κ3) is 2.66. The van der Waals surface area contributed by atoms with E-state index in [4.69, 9.17) is 0 Å². The number of nitrogens with one attached hydrogen (secondary N) is 2. The zero-order valence-corrected chi connectivity index (χ0v) is 11.1. The predicted octanol–water partition coefficient (Wildman–Crippen LogP) is 0.922. The average Bonchev–Trinajstić information content (AvgIpc) is 2.34. The van der Waals surface area contributed by atoms with Crippen molar-refractivity contribution in [2.24, 2.45) is 0 Å². The van der Waals surface area contributed by atoms with Crippen molar-refractivity contribution in [1.29, 1.82) is 0 Å². The van der Waals surface area contributed by atoms with Crippen molar-refractivity contribution in [2.45, 2.75) is 29.8 Å². The lowest BCUT2D eigenvalue weighted by Gasteiger charge is -2.37. The van der Waals surface area contributed by atoms with Crippen LogP contribution in [0.1, 0.15) is 19.3 Å². The minimum atomic E-state index is -3.48. The van der Waals surface area contributed by atoms with Gasteiger partial charge in [-0.05, 0) is 38.4 Å². The molecule has 1 aromatic rings. The molecule has 0 bridgehead atoms. The molecule has 0 saturated heterocycles. The molecular weight excluding hydrogens is 252 g/mol. The fourth-order valence-electron chi connectivity index (χ4n) is 1.98. The number of sulfonamides is 1. The van der Waals surface area contributed by atoms with Gasteiger partial charge in [0.05, 0.1) is 11.3 Å². The number of benzene rings is 1. The van der Waals surface area contributed by atoms with Crippen LogP contribution in [0.15, 0.2) is 29.2 Å². The van der Waals surface area contributed by atoms with Gasteiger partial charge in [-0.1, -0.05) is 12.1 Å². The Morgan fingerprint density at radius 2 is 2.00 bits per heavy atom. The van der Waals surface area contributed by atoms with Gasteiger partial charge in [0.1, 0.15) is 4.90 Å². The van der Waals surface area contributed by atoms with E-state index in [1.807, 2.05) is 0 Å². The van der Waals surface area contributed by atoms with E-state index in [1.165, 1.54) is 7.05 Å². The summed E-state index contributed by atoms with van der Waals surface area (Å²) in [5, 5.41) is 13.0. The van der Waals surface area contributed by atoms with Crippen LogP contribution in [0.5, 0.6) is 0 Å². The lowest BCUT2D eigenvalue weighted by molar-refractivity contribution is -0.0202. The molecule has 0 atom stereocenters. The summed E-state index contributed by atoms with van der Waals surface area (Å²) >= 11 is 0. The Morgan fingerprint density at radius 1 is 1.33 bits per heavy atom. The zero-order chi connectivity index (χ0) is 13.2. The van der Waals surface area contributed by atoms with E-state index in [2.05, 4.69) is 10.0 Å². The van der Waals surface area contributed by atoms with Gasteiger partial charge in [-0.2, -0.15) is 0 Å². The second-order valence-electron chi connectivity index (χ2n) is 4.64. The topological polar surface area (TPSA) is 78.4 Å². The molecule has 0 unspecified atom stereocenters. The van der Waals surface area contributed by atoms with Crippen molar-refractivity contribution in [3.8, 4) is 0 Å². The largest absolute Gasteiger partial charge is 0.388 e. The number of anilines is 1. The summed E-state index contributed by atoms with van der Waals surface area (Å²) in [6.45, 7) is 0.378. The van der Waals surface area contributed by atoms with Crippen LogP contribution in [0.3, 0.4) is 0 Å². The number of rotatable bonds is 5. The Morgan fingerprint density at radius 3 is 2.56 bits per heavy atom. The Bertz CT molecular complexity index is 524. The second kappa shape index (κ2) is 4.87. The molecule has 100 valence electrons. The molecule has 0 spiro atoms. The first-order valence-electron chi connectivity index (χ1n) is 5.96. The summed E-state index contributed by atoms with van der Waals surface area (Å²) in [5.74, 6) is 0. The fraction of sp³-hybridized carbons (Fsp3) is 0.500. The fourth-order valence-corrected chi connectivity index (χ4v) is 2.89. The van der Waals surface area contributed by atoms with E-state index in [0.29, 0.717) is 12.2 Å². The van der Waals surface area contributed by atoms with Gasteiger partial charge in [0.25, 0.3) is 0 Å². The molecule has 0 aromatic heterocycles. The lowest BCUT2D eigenvalue weighted by atomic mass is 9.80. The molecule has 6 heteroatoms. The van der Waals surface area contributed by atoms with Gasteiger partial charge in [-0.3, -0.25) is 0 Å². The molecule has 2 rings (SSSR count). The monoisotopic (exact) mass is 270 g/mol. The molecule has 18 heavy (non-hydrogen) atoms. The average molecular weight is 270 g/mol. The molecular formula is C12H18N2O3S. The van der Waals surface area contributed by atoms with E-state index in [0.717, 1.165) is 19.3 Å². The highest BCUT2D eigenvalue weighted by Crippen LogP contribution is 2.32. The van der Waals surface area contributed by atoms with Gasteiger partial charge in [-0.15, -0.1) is 0 Å². The molecule has 1 fully saturated rings. The van der Waals surface area contributed by atoms with Crippen LogP contribution < -0.4 is 10.0 Å². The highest BCUT2D eigenvalue weighted by Gasteiger charge is 2.34. The Balaban J connectivity index is 2.18. The zero-order valence-electron chi connectivity index (χ0n) is 10.3. The van der Waals surface area contributed by atoms with Crippen molar-refractivity contribution < 1.29 is 13.5 Å². The predicted molar refractivity (Wildman–Crippen MR) is 70.0 cm³/mol. The lowest BCUT2D eigenvalue weighted by Crippen LogP contribution is -2.43. The first-order valence-corrected chi connectivity index (χ1v) is 7.44. The van der Waals surface area contributed by atoms with E-state index in [9.17, 15) is 13.5 Å². The molecule has 1 aliphatic carbocycles. The quantitative estimate of drug-likeness (QED) is 0.743. The molecule has 1 aliphatic rings. The van der Waals surface area contributed by atoms with Gasteiger partial charge >= 0.3 is 0 Å². The van der Waals surface area contributed by atoms with Gasteiger partial charge in [0.15, 0.2) is 0 Å². The molecule has 0 aliphatic heterocycles. The SMILES string of the molecule is CNS(=O)(=O)c1ccccc1NCC1(O)CCC1. The number of hydrogen-bond donors (Lipinski definition) is 3. The number of hydrogen-bond acceptors (Lipinski definition) is 4. The summed E-state index contributed by atoms with van der Waals surface area (Å²) in [4.78, 5) is 0.204. The van der Waals surface area contributed by atoms with Crippen LogP contribution in [-0.4, -0.2) is 32.7 Å².